The Morgan fingerprint density at radius 1 is 1.44 bits per heavy atom. The van der Waals surface area contributed by atoms with E-state index in [0.717, 1.165) is 0 Å². The summed E-state index contributed by atoms with van der Waals surface area (Å²) in [7, 11) is 1.40. The Bertz CT molecular complexity index is 91.0. The van der Waals surface area contributed by atoms with Gasteiger partial charge in [-0.25, -0.2) is 4.79 Å². The Labute approximate surface area is 63.7 Å². The number of ether oxygens (including phenoxy) is 1. The van der Waals surface area contributed by atoms with Gasteiger partial charge in [-0.05, 0) is 12.5 Å². The van der Waals surface area contributed by atoms with E-state index in [9.17, 15) is 4.79 Å². The van der Waals surface area contributed by atoms with Crippen LogP contribution in [0.3, 0.4) is 0 Å². The van der Waals surface area contributed by atoms with Crippen molar-refractivity contribution in [3.05, 3.63) is 0 Å². The zero-order chi connectivity index (χ0) is 7.28. The van der Waals surface area contributed by atoms with Crippen molar-refractivity contribution < 1.29 is 9.53 Å². The van der Waals surface area contributed by atoms with Gasteiger partial charge in [0.05, 0.1) is 7.11 Å². The molecule has 0 aromatic heterocycles. The molecule has 0 spiro atoms. The Morgan fingerprint density at radius 3 is 2.00 bits per heavy atom. The summed E-state index contributed by atoms with van der Waals surface area (Å²) in [5.41, 5.74) is 0. The largest absolute Gasteiger partial charge is 0.468 e. The average molecular weight is 166 g/mol. The van der Waals surface area contributed by atoms with Gasteiger partial charge in [0, 0.05) is 0 Å². The summed E-state index contributed by atoms with van der Waals surface area (Å²) in [6, 6.07) is 0. The molecule has 0 unspecified atom stereocenters. The summed E-state index contributed by atoms with van der Waals surface area (Å²) in [6.07, 6.45) is 3.77. The molecule has 0 saturated carbocycles. The zero-order valence-corrected chi connectivity index (χ0v) is 7.34. The molecule has 0 rings (SSSR count). The number of thioether (sulfide) groups is 2. The molecule has 4 heteroatoms. The quantitative estimate of drug-likeness (QED) is 0.465. The normalized spacial score (nSPS) is 9.78. The third-order valence-corrected chi connectivity index (χ3v) is 3.22. The van der Waals surface area contributed by atoms with Crippen molar-refractivity contribution in [1.82, 2.24) is 0 Å². The van der Waals surface area contributed by atoms with Crippen LogP contribution in [0, 0.1) is 0 Å². The van der Waals surface area contributed by atoms with E-state index in [1.807, 2.05) is 12.5 Å². The second kappa shape index (κ2) is 4.99. The van der Waals surface area contributed by atoms with Crippen molar-refractivity contribution in [2.45, 2.75) is 4.58 Å². The first-order valence-corrected chi connectivity index (χ1v) is 4.97. The molecule has 0 fully saturated rings. The lowest BCUT2D eigenvalue weighted by molar-refractivity contribution is -0.138. The first-order chi connectivity index (χ1) is 4.26. The predicted molar refractivity (Wildman–Crippen MR) is 42.8 cm³/mol. The molecular formula is C5H10O2S2. The van der Waals surface area contributed by atoms with Gasteiger partial charge in [-0.1, -0.05) is 0 Å². The highest BCUT2D eigenvalue weighted by molar-refractivity contribution is 8.17. The van der Waals surface area contributed by atoms with Gasteiger partial charge >= 0.3 is 5.97 Å². The smallest absolute Gasteiger partial charge is 0.329 e. The average Bonchev–Trinajstić information content (AvgIpc) is 1.90. The van der Waals surface area contributed by atoms with Crippen molar-refractivity contribution in [3.63, 3.8) is 0 Å². The minimum Gasteiger partial charge on any atom is -0.468 e. The van der Waals surface area contributed by atoms with Gasteiger partial charge in [-0.2, -0.15) is 0 Å². The van der Waals surface area contributed by atoms with Crippen LogP contribution < -0.4 is 0 Å². The summed E-state index contributed by atoms with van der Waals surface area (Å²) in [6.45, 7) is 0. The van der Waals surface area contributed by atoms with Crippen molar-refractivity contribution in [3.8, 4) is 0 Å². The van der Waals surface area contributed by atoms with Crippen LogP contribution in [-0.4, -0.2) is 30.2 Å². The standard InChI is InChI=1S/C5H10O2S2/c1-7-4(6)5(8-2)9-3/h5H,1-3H3. The Balaban J connectivity index is 3.64. The van der Waals surface area contributed by atoms with Crippen molar-refractivity contribution >= 4 is 29.5 Å². The number of hydrogen-bond acceptors (Lipinski definition) is 4. The molecule has 0 atom stereocenters. The number of rotatable bonds is 3. The first-order valence-electron chi connectivity index (χ1n) is 2.39. The van der Waals surface area contributed by atoms with Crippen LogP contribution in [0.15, 0.2) is 0 Å². The van der Waals surface area contributed by atoms with E-state index in [0.29, 0.717) is 0 Å². The van der Waals surface area contributed by atoms with Gasteiger partial charge in [0.2, 0.25) is 0 Å². The van der Waals surface area contributed by atoms with E-state index < -0.39 is 0 Å². The third-order valence-electron chi connectivity index (χ3n) is 0.822. The summed E-state index contributed by atoms with van der Waals surface area (Å²) in [5, 5.41) is 0. The summed E-state index contributed by atoms with van der Waals surface area (Å²) in [4.78, 5) is 10.7. The highest BCUT2D eigenvalue weighted by atomic mass is 32.2. The topological polar surface area (TPSA) is 26.3 Å². The number of methoxy groups -OCH3 is 1. The number of carbonyl (C=O) groups excluding carboxylic acids is 1. The van der Waals surface area contributed by atoms with Crippen LogP contribution in [0.5, 0.6) is 0 Å². The summed E-state index contributed by atoms with van der Waals surface area (Å²) < 4.78 is 4.45. The fraction of sp³-hybridized carbons (Fsp3) is 0.800. The monoisotopic (exact) mass is 166 g/mol. The van der Waals surface area contributed by atoms with Crippen molar-refractivity contribution in [1.29, 1.82) is 0 Å². The molecule has 0 amide bonds. The molecular weight excluding hydrogens is 156 g/mol. The molecule has 0 aliphatic rings. The van der Waals surface area contributed by atoms with E-state index in [1.54, 1.807) is 0 Å². The second-order valence-electron chi connectivity index (χ2n) is 1.33. The Hall–Kier alpha value is 0.170. The van der Waals surface area contributed by atoms with Crippen LogP contribution in [0.25, 0.3) is 0 Å². The molecule has 0 radical (unpaired) electrons. The molecule has 54 valence electrons. The van der Waals surface area contributed by atoms with E-state index in [1.165, 1.54) is 30.6 Å². The lowest BCUT2D eigenvalue weighted by Gasteiger charge is -2.06. The highest BCUT2D eigenvalue weighted by Gasteiger charge is 2.14. The zero-order valence-electron chi connectivity index (χ0n) is 5.71. The van der Waals surface area contributed by atoms with Gasteiger partial charge in [-0.3, -0.25) is 0 Å². The Morgan fingerprint density at radius 2 is 1.89 bits per heavy atom. The van der Waals surface area contributed by atoms with E-state index in [-0.39, 0.29) is 10.6 Å². The van der Waals surface area contributed by atoms with Gasteiger partial charge < -0.3 is 4.74 Å². The fourth-order valence-corrected chi connectivity index (χ4v) is 1.73. The van der Waals surface area contributed by atoms with Gasteiger partial charge in [0.15, 0.2) is 0 Å². The predicted octanol–water partition coefficient (Wildman–Crippen LogP) is 1.21. The van der Waals surface area contributed by atoms with Gasteiger partial charge in [0.1, 0.15) is 4.58 Å². The maximum atomic E-state index is 10.7. The molecule has 0 aliphatic heterocycles. The summed E-state index contributed by atoms with van der Waals surface area (Å²) >= 11 is 2.98. The first kappa shape index (κ1) is 9.17. The van der Waals surface area contributed by atoms with Crippen molar-refractivity contribution in [2.24, 2.45) is 0 Å². The van der Waals surface area contributed by atoms with Crippen LogP contribution in [0.2, 0.25) is 0 Å². The lowest BCUT2D eigenvalue weighted by atomic mass is 10.8. The number of esters is 1. The molecule has 2 nitrogen and oxygen atoms in total. The maximum Gasteiger partial charge on any atom is 0.329 e. The molecule has 0 saturated heterocycles. The van der Waals surface area contributed by atoms with Crippen LogP contribution in [0.1, 0.15) is 0 Å². The van der Waals surface area contributed by atoms with Crippen LogP contribution >= 0.6 is 23.5 Å². The van der Waals surface area contributed by atoms with Crippen LogP contribution in [0.4, 0.5) is 0 Å². The van der Waals surface area contributed by atoms with Crippen molar-refractivity contribution in [2.75, 3.05) is 19.6 Å². The molecule has 0 aromatic rings. The third kappa shape index (κ3) is 3.01. The molecule has 0 aliphatic carbocycles. The number of carbonyl (C=O) groups is 1. The van der Waals surface area contributed by atoms with Gasteiger partial charge in [0.25, 0.3) is 0 Å². The van der Waals surface area contributed by atoms with Gasteiger partial charge in [-0.15, -0.1) is 23.5 Å². The molecule has 0 heterocycles. The molecule has 0 aromatic carbocycles. The molecule has 0 bridgehead atoms. The molecule has 9 heavy (non-hydrogen) atoms. The van der Waals surface area contributed by atoms with E-state index in [4.69, 9.17) is 0 Å². The second-order valence-corrected chi connectivity index (χ2v) is 3.51. The highest BCUT2D eigenvalue weighted by Crippen LogP contribution is 2.18. The Kier molecular flexibility index (Phi) is 5.09. The van der Waals surface area contributed by atoms with E-state index in [2.05, 4.69) is 4.74 Å². The minimum absolute atomic E-state index is 0.0602. The summed E-state index contributed by atoms with van der Waals surface area (Å²) in [5.74, 6) is -0.157. The lowest BCUT2D eigenvalue weighted by Crippen LogP contribution is -2.13. The number of hydrogen-bond donors (Lipinski definition) is 0. The van der Waals surface area contributed by atoms with E-state index >= 15 is 0 Å². The fourth-order valence-electron chi connectivity index (χ4n) is 0.385. The minimum atomic E-state index is -0.157. The maximum absolute atomic E-state index is 10.7. The van der Waals surface area contributed by atoms with Crippen LogP contribution in [-0.2, 0) is 9.53 Å². The SMILES string of the molecule is COC(=O)C(SC)SC. The molecule has 0 N–H and O–H groups in total.